The van der Waals surface area contributed by atoms with Crippen molar-refractivity contribution in [2.75, 3.05) is 6.54 Å². The van der Waals surface area contributed by atoms with Crippen molar-refractivity contribution in [3.8, 4) is 0 Å². The molecule has 1 nitrogen and oxygen atoms in total. The van der Waals surface area contributed by atoms with Crippen LogP contribution in [0.4, 0.5) is 0 Å². The van der Waals surface area contributed by atoms with Crippen LogP contribution < -0.4 is 5.32 Å². The van der Waals surface area contributed by atoms with Crippen LogP contribution in [-0.4, -0.2) is 12.1 Å². The average molecular weight is 239 g/mol. The zero-order chi connectivity index (χ0) is 12.4. The summed E-state index contributed by atoms with van der Waals surface area (Å²) in [5, 5.41) is 6.42. The average Bonchev–Trinajstić information content (AvgIpc) is 2.88. The zero-order valence-corrected chi connectivity index (χ0v) is 11.1. The maximum Gasteiger partial charge on any atom is 0.0219 e. The fourth-order valence-electron chi connectivity index (χ4n) is 3.19. The molecule has 1 N–H and O–H groups in total. The molecule has 0 amide bonds. The summed E-state index contributed by atoms with van der Waals surface area (Å²) in [6.45, 7) is 3.49. The van der Waals surface area contributed by atoms with E-state index in [1.807, 2.05) is 0 Å². The first-order chi connectivity index (χ1) is 8.81. The standard InChI is InChI=1S/C17H21N/c1-2-17(10-5-11-18-17)13-14-8-9-15-6-3-4-7-16(15)12-14/h3-4,6-9,12,18H,2,5,10-11,13H2,1H3. The van der Waals surface area contributed by atoms with Gasteiger partial charge in [-0.15, -0.1) is 0 Å². The summed E-state index contributed by atoms with van der Waals surface area (Å²) in [5.41, 5.74) is 1.81. The first kappa shape index (κ1) is 11.7. The maximum atomic E-state index is 3.72. The highest BCUT2D eigenvalue weighted by atomic mass is 15.0. The van der Waals surface area contributed by atoms with Gasteiger partial charge in [-0.3, -0.25) is 0 Å². The van der Waals surface area contributed by atoms with Crippen LogP contribution in [-0.2, 0) is 6.42 Å². The van der Waals surface area contributed by atoms with Gasteiger partial charge in [0, 0.05) is 5.54 Å². The Labute approximate surface area is 109 Å². The Bertz CT molecular complexity index is 538. The lowest BCUT2D eigenvalue weighted by Crippen LogP contribution is -2.41. The van der Waals surface area contributed by atoms with Gasteiger partial charge in [-0.05, 0) is 48.6 Å². The Morgan fingerprint density at radius 3 is 2.67 bits per heavy atom. The van der Waals surface area contributed by atoms with Gasteiger partial charge >= 0.3 is 0 Å². The van der Waals surface area contributed by atoms with Crippen LogP contribution in [0, 0.1) is 0 Å². The molecule has 1 heteroatoms. The second-order valence-corrected chi connectivity index (χ2v) is 5.52. The van der Waals surface area contributed by atoms with E-state index in [0.717, 1.165) is 6.42 Å². The lowest BCUT2D eigenvalue weighted by Gasteiger charge is -2.28. The van der Waals surface area contributed by atoms with Crippen LogP contribution in [0.15, 0.2) is 42.5 Å². The molecule has 3 rings (SSSR count). The smallest absolute Gasteiger partial charge is 0.0219 e. The van der Waals surface area contributed by atoms with Crippen LogP contribution in [0.5, 0.6) is 0 Å². The predicted octanol–water partition coefficient (Wildman–Crippen LogP) is 3.91. The summed E-state index contributed by atoms with van der Waals surface area (Å²) in [7, 11) is 0. The van der Waals surface area contributed by atoms with Crippen LogP contribution >= 0.6 is 0 Å². The lowest BCUT2D eigenvalue weighted by molar-refractivity contribution is 0.360. The van der Waals surface area contributed by atoms with E-state index in [-0.39, 0.29) is 0 Å². The van der Waals surface area contributed by atoms with Gasteiger partial charge in [0.15, 0.2) is 0 Å². The van der Waals surface area contributed by atoms with E-state index in [4.69, 9.17) is 0 Å². The molecule has 1 aliphatic rings. The van der Waals surface area contributed by atoms with Gasteiger partial charge in [-0.25, -0.2) is 0 Å². The third-order valence-electron chi connectivity index (χ3n) is 4.37. The fraction of sp³-hybridized carbons (Fsp3) is 0.412. The quantitative estimate of drug-likeness (QED) is 0.856. The number of hydrogen-bond acceptors (Lipinski definition) is 1. The normalized spacial score (nSPS) is 23.6. The Hall–Kier alpha value is -1.34. The Morgan fingerprint density at radius 2 is 1.94 bits per heavy atom. The molecule has 94 valence electrons. The molecule has 1 saturated heterocycles. The molecule has 0 aromatic heterocycles. The fourth-order valence-corrected chi connectivity index (χ4v) is 3.19. The van der Waals surface area contributed by atoms with Crippen molar-refractivity contribution in [3.63, 3.8) is 0 Å². The molecular formula is C17H21N. The molecule has 0 radical (unpaired) electrons. The predicted molar refractivity (Wildman–Crippen MR) is 77.9 cm³/mol. The van der Waals surface area contributed by atoms with Crippen molar-refractivity contribution in [3.05, 3.63) is 48.0 Å². The van der Waals surface area contributed by atoms with Crippen molar-refractivity contribution in [1.82, 2.24) is 5.32 Å². The van der Waals surface area contributed by atoms with Gasteiger partial charge in [0.2, 0.25) is 0 Å². The number of fused-ring (bicyclic) bond motifs is 1. The largest absolute Gasteiger partial charge is 0.311 e. The topological polar surface area (TPSA) is 12.0 Å². The summed E-state index contributed by atoms with van der Waals surface area (Å²) in [4.78, 5) is 0. The molecule has 18 heavy (non-hydrogen) atoms. The van der Waals surface area contributed by atoms with Crippen LogP contribution in [0.25, 0.3) is 10.8 Å². The van der Waals surface area contributed by atoms with Gasteiger partial charge in [-0.1, -0.05) is 49.4 Å². The third kappa shape index (κ3) is 2.15. The molecule has 0 spiro atoms. The molecule has 2 aromatic carbocycles. The molecular weight excluding hydrogens is 218 g/mol. The van der Waals surface area contributed by atoms with Crippen molar-refractivity contribution >= 4 is 10.8 Å². The molecule has 0 bridgehead atoms. The van der Waals surface area contributed by atoms with E-state index in [0.29, 0.717) is 5.54 Å². The van der Waals surface area contributed by atoms with Gasteiger partial charge in [0.05, 0.1) is 0 Å². The molecule has 1 atom stereocenters. The van der Waals surface area contributed by atoms with Gasteiger partial charge < -0.3 is 5.32 Å². The summed E-state index contributed by atoms with van der Waals surface area (Å²) >= 11 is 0. The minimum Gasteiger partial charge on any atom is -0.311 e. The highest BCUT2D eigenvalue weighted by Crippen LogP contribution is 2.28. The second kappa shape index (κ2) is 4.74. The highest BCUT2D eigenvalue weighted by Gasteiger charge is 2.31. The van der Waals surface area contributed by atoms with E-state index >= 15 is 0 Å². The van der Waals surface area contributed by atoms with Crippen LogP contribution in [0.2, 0.25) is 0 Å². The van der Waals surface area contributed by atoms with Crippen molar-refractivity contribution in [2.24, 2.45) is 0 Å². The van der Waals surface area contributed by atoms with Crippen molar-refractivity contribution in [1.29, 1.82) is 0 Å². The first-order valence-corrected chi connectivity index (χ1v) is 7.04. The Kier molecular flexibility index (Phi) is 3.09. The Morgan fingerprint density at radius 1 is 1.11 bits per heavy atom. The summed E-state index contributed by atoms with van der Waals surface area (Å²) in [6.07, 6.45) is 5.02. The first-order valence-electron chi connectivity index (χ1n) is 7.04. The van der Waals surface area contributed by atoms with Crippen molar-refractivity contribution < 1.29 is 0 Å². The van der Waals surface area contributed by atoms with E-state index in [1.165, 1.54) is 42.1 Å². The van der Waals surface area contributed by atoms with Crippen molar-refractivity contribution in [2.45, 2.75) is 38.1 Å². The number of benzene rings is 2. The molecule has 1 aliphatic heterocycles. The van der Waals surface area contributed by atoms with E-state index in [1.54, 1.807) is 0 Å². The summed E-state index contributed by atoms with van der Waals surface area (Å²) in [5.74, 6) is 0. The summed E-state index contributed by atoms with van der Waals surface area (Å²) in [6, 6.07) is 15.5. The van der Waals surface area contributed by atoms with Gasteiger partial charge in [0.25, 0.3) is 0 Å². The molecule has 0 aliphatic carbocycles. The van der Waals surface area contributed by atoms with E-state index in [2.05, 4.69) is 54.7 Å². The lowest BCUT2D eigenvalue weighted by atomic mass is 9.86. The van der Waals surface area contributed by atoms with Crippen LogP contribution in [0.1, 0.15) is 31.7 Å². The number of hydrogen-bond donors (Lipinski definition) is 1. The molecule has 2 aromatic rings. The minimum atomic E-state index is 0.350. The maximum absolute atomic E-state index is 3.72. The second-order valence-electron chi connectivity index (χ2n) is 5.52. The number of nitrogens with one attached hydrogen (secondary N) is 1. The number of rotatable bonds is 3. The third-order valence-corrected chi connectivity index (χ3v) is 4.37. The zero-order valence-electron chi connectivity index (χ0n) is 11.1. The molecule has 1 fully saturated rings. The Balaban J connectivity index is 1.90. The molecule has 1 unspecified atom stereocenters. The minimum absolute atomic E-state index is 0.350. The summed E-state index contributed by atoms with van der Waals surface area (Å²) < 4.78 is 0. The van der Waals surface area contributed by atoms with E-state index < -0.39 is 0 Å². The monoisotopic (exact) mass is 239 g/mol. The van der Waals surface area contributed by atoms with Gasteiger partial charge in [0.1, 0.15) is 0 Å². The van der Waals surface area contributed by atoms with E-state index in [9.17, 15) is 0 Å². The SMILES string of the molecule is CCC1(Cc2ccc3ccccc3c2)CCCN1. The molecule has 0 saturated carbocycles. The van der Waals surface area contributed by atoms with Gasteiger partial charge in [-0.2, -0.15) is 0 Å². The molecule has 1 heterocycles. The highest BCUT2D eigenvalue weighted by molar-refractivity contribution is 5.83. The van der Waals surface area contributed by atoms with Crippen LogP contribution in [0.3, 0.4) is 0 Å².